The lowest BCUT2D eigenvalue weighted by molar-refractivity contribution is 0.0827. The highest BCUT2D eigenvalue weighted by atomic mass is 19.1. The largest absolute Gasteiger partial charge is 0.299 e. The van der Waals surface area contributed by atoms with Crippen LogP contribution < -0.4 is 0 Å². The molecule has 0 aromatic heterocycles. The highest BCUT2D eigenvalue weighted by Gasteiger charge is 2.32. The summed E-state index contributed by atoms with van der Waals surface area (Å²) >= 11 is 0. The van der Waals surface area contributed by atoms with Crippen LogP contribution in [0.4, 0.5) is 4.39 Å². The van der Waals surface area contributed by atoms with Gasteiger partial charge in [0.25, 0.3) is 0 Å². The molecule has 2 fully saturated rings. The average Bonchev–Trinajstić information content (AvgIpc) is 2.83. The molecule has 3 rings (SSSR count). The molecule has 1 aromatic carbocycles. The highest BCUT2D eigenvalue weighted by molar-refractivity contribution is 5.99. The van der Waals surface area contributed by atoms with Crippen molar-refractivity contribution in [2.75, 3.05) is 26.2 Å². The number of fused-ring (bicyclic) bond motifs is 1. The number of rotatable bonds is 3. The van der Waals surface area contributed by atoms with Crippen molar-refractivity contribution in [3.05, 3.63) is 35.6 Å². The van der Waals surface area contributed by atoms with Gasteiger partial charge in [-0.3, -0.25) is 14.6 Å². The first-order chi connectivity index (χ1) is 10.1. The molecule has 0 amide bonds. The number of benzene rings is 1. The summed E-state index contributed by atoms with van der Waals surface area (Å²) in [6, 6.07) is 6.39. The summed E-state index contributed by atoms with van der Waals surface area (Å²) in [4.78, 5) is 17.5. The first kappa shape index (κ1) is 14.7. The number of hydrogen-bond donors (Lipinski definition) is 0. The minimum atomic E-state index is -0.296. The number of halogens is 1. The van der Waals surface area contributed by atoms with Crippen LogP contribution in [0.1, 0.15) is 36.5 Å². The van der Waals surface area contributed by atoms with E-state index in [1.165, 1.54) is 31.5 Å². The molecule has 2 heterocycles. The average molecular weight is 290 g/mol. The van der Waals surface area contributed by atoms with Crippen LogP contribution in [0.3, 0.4) is 0 Å². The van der Waals surface area contributed by atoms with E-state index in [0.29, 0.717) is 11.6 Å². The van der Waals surface area contributed by atoms with E-state index in [1.807, 2.05) is 6.92 Å². The SMILES string of the molecule is CC(C(=O)c1ccc(F)cc1)N1CCCN2CCCC2C1. The molecule has 0 saturated carbocycles. The van der Waals surface area contributed by atoms with Gasteiger partial charge in [-0.25, -0.2) is 4.39 Å². The molecule has 2 atom stereocenters. The fraction of sp³-hybridized carbons (Fsp3) is 0.588. The first-order valence-corrected chi connectivity index (χ1v) is 7.93. The van der Waals surface area contributed by atoms with E-state index < -0.39 is 0 Å². The van der Waals surface area contributed by atoms with Crippen molar-refractivity contribution in [1.29, 1.82) is 0 Å². The van der Waals surface area contributed by atoms with Gasteiger partial charge < -0.3 is 0 Å². The second-order valence-corrected chi connectivity index (χ2v) is 6.23. The normalized spacial score (nSPS) is 25.3. The van der Waals surface area contributed by atoms with E-state index in [0.717, 1.165) is 26.1 Å². The van der Waals surface area contributed by atoms with Crippen molar-refractivity contribution in [2.24, 2.45) is 0 Å². The van der Waals surface area contributed by atoms with Gasteiger partial charge in [-0.1, -0.05) is 0 Å². The summed E-state index contributed by atoms with van der Waals surface area (Å²) in [5, 5.41) is 0. The molecule has 114 valence electrons. The van der Waals surface area contributed by atoms with Crippen LogP contribution in [0.15, 0.2) is 24.3 Å². The van der Waals surface area contributed by atoms with Crippen molar-refractivity contribution in [1.82, 2.24) is 9.80 Å². The second-order valence-electron chi connectivity index (χ2n) is 6.23. The van der Waals surface area contributed by atoms with Crippen molar-refractivity contribution in [3.63, 3.8) is 0 Å². The molecule has 0 spiro atoms. The van der Waals surface area contributed by atoms with Crippen LogP contribution in [0, 0.1) is 5.82 Å². The summed E-state index contributed by atoms with van der Waals surface area (Å²) in [6.07, 6.45) is 3.64. The van der Waals surface area contributed by atoms with Crippen LogP contribution in [-0.2, 0) is 0 Å². The van der Waals surface area contributed by atoms with Crippen LogP contribution in [0.2, 0.25) is 0 Å². The number of hydrogen-bond acceptors (Lipinski definition) is 3. The molecular formula is C17H23FN2O. The Kier molecular flexibility index (Phi) is 4.36. The molecule has 3 nitrogen and oxygen atoms in total. The predicted octanol–water partition coefficient (Wildman–Crippen LogP) is 2.57. The summed E-state index contributed by atoms with van der Waals surface area (Å²) in [5.74, 6) is -0.197. The van der Waals surface area contributed by atoms with E-state index >= 15 is 0 Å². The molecule has 2 saturated heterocycles. The molecular weight excluding hydrogens is 267 g/mol. The van der Waals surface area contributed by atoms with Crippen molar-refractivity contribution >= 4 is 5.78 Å². The molecule has 0 radical (unpaired) electrons. The van der Waals surface area contributed by atoms with E-state index in [-0.39, 0.29) is 17.6 Å². The Morgan fingerprint density at radius 2 is 1.90 bits per heavy atom. The Morgan fingerprint density at radius 1 is 1.19 bits per heavy atom. The van der Waals surface area contributed by atoms with Crippen LogP contribution in [0.5, 0.6) is 0 Å². The van der Waals surface area contributed by atoms with E-state index in [2.05, 4.69) is 9.80 Å². The van der Waals surface area contributed by atoms with E-state index in [1.54, 1.807) is 12.1 Å². The number of Topliss-reactive ketones (excluding diaryl/α,β-unsaturated/α-hetero) is 1. The van der Waals surface area contributed by atoms with Gasteiger partial charge in [-0.05, 0) is 63.5 Å². The minimum absolute atomic E-state index is 0.0986. The maximum absolute atomic E-state index is 13.0. The molecule has 1 aromatic rings. The zero-order valence-corrected chi connectivity index (χ0v) is 12.6. The van der Waals surface area contributed by atoms with Gasteiger partial charge in [0.15, 0.2) is 5.78 Å². The Balaban J connectivity index is 1.70. The summed E-state index contributed by atoms with van der Waals surface area (Å²) in [7, 11) is 0. The van der Waals surface area contributed by atoms with Gasteiger partial charge >= 0.3 is 0 Å². The standard InChI is InChI=1S/C17H23FN2O/c1-13(17(21)14-5-7-15(18)8-6-14)20-11-3-10-19-9-2-4-16(19)12-20/h5-8,13,16H,2-4,9-12H2,1H3. The monoisotopic (exact) mass is 290 g/mol. The predicted molar refractivity (Wildman–Crippen MR) is 81.0 cm³/mol. The van der Waals surface area contributed by atoms with Gasteiger partial charge in [-0.2, -0.15) is 0 Å². The Morgan fingerprint density at radius 3 is 2.67 bits per heavy atom. The van der Waals surface area contributed by atoms with Crippen molar-refractivity contribution < 1.29 is 9.18 Å². The third-order valence-corrected chi connectivity index (χ3v) is 4.89. The fourth-order valence-corrected chi connectivity index (χ4v) is 3.61. The lowest BCUT2D eigenvalue weighted by atomic mass is 10.0. The quantitative estimate of drug-likeness (QED) is 0.799. The zero-order chi connectivity index (χ0) is 14.8. The fourth-order valence-electron chi connectivity index (χ4n) is 3.61. The van der Waals surface area contributed by atoms with Gasteiger partial charge in [0.05, 0.1) is 6.04 Å². The van der Waals surface area contributed by atoms with Gasteiger partial charge in [0, 0.05) is 24.7 Å². The topological polar surface area (TPSA) is 23.6 Å². The van der Waals surface area contributed by atoms with Gasteiger partial charge in [-0.15, -0.1) is 0 Å². The zero-order valence-electron chi connectivity index (χ0n) is 12.6. The maximum Gasteiger partial charge on any atom is 0.179 e. The molecule has 4 heteroatoms. The van der Waals surface area contributed by atoms with E-state index in [4.69, 9.17) is 0 Å². The number of nitrogens with zero attached hydrogens (tertiary/aromatic N) is 2. The lowest BCUT2D eigenvalue weighted by Crippen LogP contribution is -2.44. The Labute approximate surface area is 125 Å². The first-order valence-electron chi connectivity index (χ1n) is 7.93. The van der Waals surface area contributed by atoms with Crippen molar-refractivity contribution in [2.45, 2.75) is 38.3 Å². The third kappa shape index (κ3) is 3.16. The number of carbonyl (C=O) groups excluding carboxylic acids is 1. The molecule has 2 aliphatic heterocycles. The van der Waals surface area contributed by atoms with Gasteiger partial charge in [0.2, 0.25) is 0 Å². The smallest absolute Gasteiger partial charge is 0.179 e. The minimum Gasteiger partial charge on any atom is -0.299 e. The molecule has 2 aliphatic rings. The number of ketones is 1. The molecule has 0 bridgehead atoms. The second kappa shape index (κ2) is 6.24. The van der Waals surface area contributed by atoms with Gasteiger partial charge in [0.1, 0.15) is 5.82 Å². The van der Waals surface area contributed by atoms with Crippen LogP contribution >= 0.6 is 0 Å². The molecule has 0 N–H and O–H groups in total. The Bertz CT molecular complexity index is 502. The molecule has 0 aliphatic carbocycles. The van der Waals surface area contributed by atoms with Crippen molar-refractivity contribution in [3.8, 4) is 0 Å². The van der Waals surface area contributed by atoms with E-state index in [9.17, 15) is 9.18 Å². The molecule has 21 heavy (non-hydrogen) atoms. The maximum atomic E-state index is 13.0. The number of carbonyl (C=O) groups is 1. The Hall–Kier alpha value is -1.26. The van der Waals surface area contributed by atoms with Crippen LogP contribution in [0.25, 0.3) is 0 Å². The van der Waals surface area contributed by atoms with Crippen LogP contribution in [-0.4, -0.2) is 53.8 Å². The molecule has 2 unspecified atom stereocenters. The summed E-state index contributed by atoms with van der Waals surface area (Å²) in [6.45, 7) is 6.29. The summed E-state index contributed by atoms with van der Waals surface area (Å²) < 4.78 is 13.0. The third-order valence-electron chi connectivity index (χ3n) is 4.89. The lowest BCUT2D eigenvalue weighted by Gasteiger charge is -2.29. The highest BCUT2D eigenvalue weighted by Crippen LogP contribution is 2.23. The summed E-state index contributed by atoms with van der Waals surface area (Å²) in [5.41, 5.74) is 0.608.